The third-order valence-corrected chi connectivity index (χ3v) is 6.04. The first-order valence-corrected chi connectivity index (χ1v) is 9.56. The molecule has 21 heavy (non-hydrogen) atoms. The van der Waals surface area contributed by atoms with Crippen molar-refractivity contribution in [3.63, 3.8) is 0 Å². The van der Waals surface area contributed by atoms with Crippen LogP contribution in [0.3, 0.4) is 0 Å². The van der Waals surface area contributed by atoms with Gasteiger partial charge < -0.3 is 10.2 Å². The molecule has 0 spiro atoms. The maximum Gasteiger partial charge on any atom is 0.0159 e. The van der Waals surface area contributed by atoms with Gasteiger partial charge in [-0.15, -0.1) is 0 Å². The molecular weight excluding hydrogens is 256 g/mol. The quantitative estimate of drug-likeness (QED) is 0.746. The summed E-state index contributed by atoms with van der Waals surface area (Å²) in [4.78, 5) is 2.81. The molecule has 0 aliphatic heterocycles. The molecular formula is C19H38N2. The summed E-state index contributed by atoms with van der Waals surface area (Å²) in [6.45, 7) is 13.4. The summed E-state index contributed by atoms with van der Waals surface area (Å²) < 4.78 is 0. The first-order valence-electron chi connectivity index (χ1n) is 9.56. The van der Waals surface area contributed by atoms with Gasteiger partial charge in [0.15, 0.2) is 0 Å². The summed E-state index contributed by atoms with van der Waals surface area (Å²) in [7, 11) is 0. The molecule has 2 heteroatoms. The SMILES string of the molecule is CCCNC1C(CN(CC)C2CCCC2)CCCC1(C)C. The molecule has 2 unspecified atom stereocenters. The third-order valence-electron chi connectivity index (χ3n) is 6.04. The Morgan fingerprint density at radius 3 is 2.38 bits per heavy atom. The molecule has 0 amide bonds. The Labute approximate surface area is 133 Å². The van der Waals surface area contributed by atoms with Crippen molar-refractivity contribution in [1.82, 2.24) is 10.2 Å². The summed E-state index contributed by atoms with van der Waals surface area (Å²) >= 11 is 0. The minimum atomic E-state index is 0.465. The van der Waals surface area contributed by atoms with Crippen molar-refractivity contribution in [2.24, 2.45) is 11.3 Å². The number of hydrogen-bond acceptors (Lipinski definition) is 2. The Morgan fingerprint density at radius 1 is 1.05 bits per heavy atom. The van der Waals surface area contributed by atoms with Crippen molar-refractivity contribution in [2.75, 3.05) is 19.6 Å². The van der Waals surface area contributed by atoms with E-state index in [-0.39, 0.29) is 0 Å². The first-order chi connectivity index (χ1) is 10.1. The van der Waals surface area contributed by atoms with E-state index >= 15 is 0 Å². The van der Waals surface area contributed by atoms with Crippen LogP contribution in [-0.2, 0) is 0 Å². The van der Waals surface area contributed by atoms with E-state index in [0.717, 1.165) is 12.0 Å². The zero-order chi connectivity index (χ0) is 15.3. The van der Waals surface area contributed by atoms with Gasteiger partial charge in [0, 0.05) is 18.6 Å². The Hall–Kier alpha value is -0.0800. The number of hydrogen-bond donors (Lipinski definition) is 1. The lowest BCUT2D eigenvalue weighted by molar-refractivity contribution is 0.0671. The molecule has 0 heterocycles. The standard InChI is InChI=1S/C19H38N2/c1-5-14-20-18-16(10-9-13-19(18,3)4)15-21(6-2)17-11-7-8-12-17/h16-18,20H,5-15H2,1-4H3. The predicted molar refractivity (Wildman–Crippen MR) is 92.7 cm³/mol. The van der Waals surface area contributed by atoms with Gasteiger partial charge in [0.1, 0.15) is 0 Å². The van der Waals surface area contributed by atoms with Crippen LogP contribution >= 0.6 is 0 Å². The molecule has 1 N–H and O–H groups in total. The molecule has 2 aliphatic rings. The van der Waals surface area contributed by atoms with Gasteiger partial charge in [-0.3, -0.25) is 0 Å². The van der Waals surface area contributed by atoms with Gasteiger partial charge in [0.25, 0.3) is 0 Å². The molecule has 2 atom stereocenters. The van der Waals surface area contributed by atoms with Crippen LogP contribution < -0.4 is 5.32 Å². The minimum absolute atomic E-state index is 0.465. The normalized spacial score (nSPS) is 30.1. The maximum absolute atomic E-state index is 3.91. The average molecular weight is 295 g/mol. The fraction of sp³-hybridized carbons (Fsp3) is 1.00. The van der Waals surface area contributed by atoms with Crippen LogP contribution in [0.25, 0.3) is 0 Å². The molecule has 0 aromatic carbocycles. The van der Waals surface area contributed by atoms with E-state index in [0.29, 0.717) is 11.5 Å². The molecule has 0 aromatic heterocycles. The zero-order valence-electron chi connectivity index (χ0n) is 15.0. The Kier molecular flexibility index (Phi) is 6.55. The molecule has 0 bridgehead atoms. The van der Waals surface area contributed by atoms with Crippen molar-refractivity contribution in [2.45, 2.75) is 91.1 Å². The van der Waals surface area contributed by atoms with E-state index in [4.69, 9.17) is 0 Å². The Balaban J connectivity index is 1.99. The molecule has 124 valence electrons. The molecule has 2 saturated carbocycles. The largest absolute Gasteiger partial charge is 0.313 e. The van der Waals surface area contributed by atoms with E-state index in [2.05, 4.69) is 37.9 Å². The number of nitrogens with zero attached hydrogens (tertiary/aromatic N) is 1. The van der Waals surface area contributed by atoms with Crippen molar-refractivity contribution in [3.8, 4) is 0 Å². The first kappa shape index (κ1) is 17.3. The van der Waals surface area contributed by atoms with Gasteiger partial charge in [-0.2, -0.15) is 0 Å². The zero-order valence-corrected chi connectivity index (χ0v) is 15.0. The second kappa shape index (κ2) is 7.97. The molecule has 0 saturated heterocycles. The van der Waals surface area contributed by atoms with E-state index in [1.165, 1.54) is 71.0 Å². The summed E-state index contributed by atoms with van der Waals surface area (Å²) in [5.41, 5.74) is 0.465. The van der Waals surface area contributed by atoms with Gasteiger partial charge >= 0.3 is 0 Å². The summed E-state index contributed by atoms with van der Waals surface area (Å²) in [6, 6.07) is 1.59. The molecule has 2 rings (SSSR count). The molecule has 2 nitrogen and oxygen atoms in total. The van der Waals surface area contributed by atoms with Crippen molar-refractivity contribution < 1.29 is 0 Å². The summed E-state index contributed by atoms with van der Waals surface area (Å²) in [6.07, 6.45) is 11.3. The van der Waals surface area contributed by atoms with Crippen molar-refractivity contribution >= 4 is 0 Å². The van der Waals surface area contributed by atoms with Crippen LogP contribution in [0.15, 0.2) is 0 Å². The van der Waals surface area contributed by atoms with Gasteiger partial charge in [0.05, 0.1) is 0 Å². The van der Waals surface area contributed by atoms with Crippen molar-refractivity contribution in [1.29, 1.82) is 0 Å². The highest BCUT2D eigenvalue weighted by atomic mass is 15.2. The predicted octanol–water partition coefficient (Wildman–Crippen LogP) is 4.45. The van der Waals surface area contributed by atoms with E-state index in [1.54, 1.807) is 0 Å². The summed E-state index contributed by atoms with van der Waals surface area (Å²) in [5.74, 6) is 0.848. The molecule has 0 radical (unpaired) electrons. The average Bonchev–Trinajstić information content (AvgIpc) is 2.97. The third kappa shape index (κ3) is 4.45. The maximum atomic E-state index is 3.91. The molecule has 2 aliphatic carbocycles. The van der Waals surface area contributed by atoms with E-state index < -0.39 is 0 Å². The molecule has 2 fully saturated rings. The van der Waals surface area contributed by atoms with Crippen LogP contribution in [0.4, 0.5) is 0 Å². The Morgan fingerprint density at radius 2 is 1.76 bits per heavy atom. The van der Waals surface area contributed by atoms with Crippen LogP contribution in [0.5, 0.6) is 0 Å². The van der Waals surface area contributed by atoms with Gasteiger partial charge in [0.2, 0.25) is 0 Å². The fourth-order valence-electron chi connectivity index (χ4n) is 4.83. The summed E-state index contributed by atoms with van der Waals surface area (Å²) in [5, 5.41) is 3.91. The second-order valence-electron chi connectivity index (χ2n) is 8.10. The van der Waals surface area contributed by atoms with Crippen LogP contribution in [0.1, 0.15) is 79.1 Å². The lowest BCUT2D eigenvalue weighted by atomic mass is 9.67. The topological polar surface area (TPSA) is 15.3 Å². The van der Waals surface area contributed by atoms with Gasteiger partial charge in [-0.1, -0.05) is 47.0 Å². The van der Waals surface area contributed by atoms with Crippen LogP contribution in [0, 0.1) is 11.3 Å². The highest BCUT2D eigenvalue weighted by Gasteiger charge is 2.39. The Bertz CT molecular complexity index is 294. The molecule has 0 aromatic rings. The fourth-order valence-corrected chi connectivity index (χ4v) is 4.83. The minimum Gasteiger partial charge on any atom is -0.313 e. The smallest absolute Gasteiger partial charge is 0.0159 e. The highest BCUT2D eigenvalue weighted by Crippen LogP contribution is 2.40. The number of nitrogens with one attached hydrogen (secondary N) is 1. The van der Waals surface area contributed by atoms with Crippen molar-refractivity contribution in [3.05, 3.63) is 0 Å². The van der Waals surface area contributed by atoms with Gasteiger partial charge in [-0.05, 0) is 56.5 Å². The van der Waals surface area contributed by atoms with Gasteiger partial charge in [-0.25, -0.2) is 0 Å². The second-order valence-corrected chi connectivity index (χ2v) is 8.10. The lowest BCUT2D eigenvalue weighted by Crippen LogP contribution is -2.53. The van der Waals surface area contributed by atoms with E-state index in [1.807, 2.05) is 0 Å². The lowest BCUT2D eigenvalue weighted by Gasteiger charge is -2.47. The monoisotopic (exact) mass is 294 g/mol. The van der Waals surface area contributed by atoms with Crippen LogP contribution in [0.2, 0.25) is 0 Å². The van der Waals surface area contributed by atoms with Crippen LogP contribution in [-0.4, -0.2) is 36.6 Å². The number of rotatable bonds is 7. The highest BCUT2D eigenvalue weighted by molar-refractivity contribution is 4.95. The van der Waals surface area contributed by atoms with E-state index in [9.17, 15) is 0 Å².